The lowest BCUT2D eigenvalue weighted by molar-refractivity contribution is 0.271. The highest BCUT2D eigenvalue weighted by Gasteiger charge is 2.02. The van der Waals surface area contributed by atoms with Crippen molar-refractivity contribution in [2.45, 2.75) is 13.5 Å². The van der Waals surface area contributed by atoms with E-state index in [0.717, 1.165) is 11.3 Å². The van der Waals surface area contributed by atoms with Gasteiger partial charge in [-0.05, 0) is 25.1 Å². The van der Waals surface area contributed by atoms with Crippen LogP contribution in [0.25, 0.3) is 0 Å². The minimum atomic E-state index is -0.0376. The largest absolute Gasteiger partial charge is 0.496 e. The third-order valence-electron chi connectivity index (χ3n) is 1.73. The molecule has 0 amide bonds. The first-order valence-corrected chi connectivity index (χ1v) is 4.22. The van der Waals surface area contributed by atoms with Gasteiger partial charge in [-0.2, -0.15) is 0 Å². The molecule has 0 fully saturated rings. The lowest BCUT2D eigenvalue weighted by atomic mass is 10.2. The molecule has 0 radical (unpaired) electrons. The first kappa shape index (κ1) is 9.86. The maximum absolute atomic E-state index is 9.01. The third kappa shape index (κ3) is 2.36. The number of methoxy groups -OCH3 is 1. The highest BCUT2D eigenvalue weighted by molar-refractivity contribution is 5.39. The standard InChI is InChI=1S/C10H14O3/c1-3-13-9-4-5-10(12-2)8(6-9)7-11/h4-6,11H,3,7H2,1-2H3. The summed E-state index contributed by atoms with van der Waals surface area (Å²) in [6.45, 7) is 2.50. The van der Waals surface area contributed by atoms with Crippen molar-refractivity contribution >= 4 is 0 Å². The molecule has 0 spiro atoms. The molecule has 1 aromatic rings. The molecule has 0 aromatic heterocycles. The molecule has 72 valence electrons. The summed E-state index contributed by atoms with van der Waals surface area (Å²) in [5.74, 6) is 1.44. The second-order valence-electron chi connectivity index (χ2n) is 2.56. The summed E-state index contributed by atoms with van der Waals surface area (Å²) in [6.07, 6.45) is 0. The molecular formula is C10H14O3. The normalized spacial score (nSPS) is 9.77. The lowest BCUT2D eigenvalue weighted by Crippen LogP contribution is -1.95. The van der Waals surface area contributed by atoms with Crippen molar-refractivity contribution in [2.75, 3.05) is 13.7 Å². The molecule has 3 nitrogen and oxygen atoms in total. The van der Waals surface area contributed by atoms with Crippen LogP contribution in [0.2, 0.25) is 0 Å². The number of rotatable bonds is 4. The van der Waals surface area contributed by atoms with Gasteiger partial charge in [0.2, 0.25) is 0 Å². The van der Waals surface area contributed by atoms with Crippen LogP contribution >= 0.6 is 0 Å². The first-order valence-electron chi connectivity index (χ1n) is 4.22. The molecule has 0 heterocycles. The summed E-state index contributed by atoms with van der Waals surface area (Å²) < 4.78 is 10.3. The van der Waals surface area contributed by atoms with Crippen molar-refractivity contribution in [3.05, 3.63) is 23.8 Å². The van der Waals surface area contributed by atoms with Gasteiger partial charge in [0, 0.05) is 5.56 Å². The summed E-state index contributed by atoms with van der Waals surface area (Å²) in [6, 6.07) is 5.39. The Morgan fingerprint density at radius 1 is 1.38 bits per heavy atom. The van der Waals surface area contributed by atoms with Crippen LogP contribution in [0.4, 0.5) is 0 Å². The van der Waals surface area contributed by atoms with Gasteiger partial charge in [0.05, 0.1) is 20.3 Å². The average molecular weight is 182 g/mol. The van der Waals surface area contributed by atoms with Crippen molar-refractivity contribution in [1.82, 2.24) is 0 Å². The smallest absolute Gasteiger partial charge is 0.124 e. The highest BCUT2D eigenvalue weighted by atomic mass is 16.5. The van der Waals surface area contributed by atoms with Crippen LogP contribution in [-0.4, -0.2) is 18.8 Å². The zero-order valence-electron chi connectivity index (χ0n) is 7.91. The van der Waals surface area contributed by atoms with E-state index in [4.69, 9.17) is 14.6 Å². The Balaban J connectivity index is 2.91. The van der Waals surface area contributed by atoms with Crippen LogP contribution in [0.1, 0.15) is 12.5 Å². The Labute approximate surface area is 77.9 Å². The predicted octanol–water partition coefficient (Wildman–Crippen LogP) is 1.59. The van der Waals surface area contributed by atoms with E-state index in [0.29, 0.717) is 12.4 Å². The maximum atomic E-state index is 9.01. The molecule has 1 rings (SSSR count). The quantitative estimate of drug-likeness (QED) is 0.768. The van der Waals surface area contributed by atoms with Crippen LogP contribution in [0, 0.1) is 0 Å². The number of aliphatic hydroxyl groups excluding tert-OH is 1. The number of ether oxygens (including phenoxy) is 2. The Hall–Kier alpha value is -1.22. The van der Waals surface area contributed by atoms with E-state index >= 15 is 0 Å². The summed E-state index contributed by atoms with van der Waals surface area (Å²) >= 11 is 0. The minimum Gasteiger partial charge on any atom is -0.496 e. The van der Waals surface area contributed by atoms with Gasteiger partial charge in [-0.3, -0.25) is 0 Å². The van der Waals surface area contributed by atoms with Crippen LogP contribution in [0.5, 0.6) is 11.5 Å². The zero-order chi connectivity index (χ0) is 9.68. The van der Waals surface area contributed by atoms with Crippen LogP contribution in [0.15, 0.2) is 18.2 Å². The van der Waals surface area contributed by atoms with Gasteiger partial charge in [-0.1, -0.05) is 0 Å². The fourth-order valence-corrected chi connectivity index (χ4v) is 1.13. The van der Waals surface area contributed by atoms with E-state index in [2.05, 4.69) is 0 Å². The topological polar surface area (TPSA) is 38.7 Å². The Morgan fingerprint density at radius 3 is 2.69 bits per heavy atom. The molecule has 1 aromatic carbocycles. The number of hydrogen-bond donors (Lipinski definition) is 1. The molecule has 0 bridgehead atoms. The van der Waals surface area contributed by atoms with Crippen LogP contribution < -0.4 is 9.47 Å². The molecular weight excluding hydrogens is 168 g/mol. The van der Waals surface area contributed by atoms with E-state index in [1.807, 2.05) is 13.0 Å². The Bertz CT molecular complexity index is 271. The van der Waals surface area contributed by atoms with E-state index in [-0.39, 0.29) is 6.61 Å². The minimum absolute atomic E-state index is 0.0376. The van der Waals surface area contributed by atoms with Gasteiger partial charge in [0.15, 0.2) is 0 Å². The van der Waals surface area contributed by atoms with E-state index in [9.17, 15) is 0 Å². The lowest BCUT2D eigenvalue weighted by Gasteiger charge is -2.08. The molecule has 0 aliphatic rings. The predicted molar refractivity (Wildman–Crippen MR) is 50.1 cm³/mol. The molecule has 1 N–H and O–H groups in total. The van der Waals surface area contributed by atoms with Gasteiger partial charge in [-0.25, -0.2) is 0 Å². The SMILES string of the molecule is CCOc1ccc(OC)c(CO)c1. The summed E-state index contributed by atoms with van der Waals surface area (Å²) in [5.41, 5.74) is 0.744. The Kier molecular flexibility index (Phi) is 3.58. The highest BCUT2D eigenvalue weighted by Crippen LogP contribution is 2.23. The van der Waals surface area contributed by atoms with E-state index in [1.165, 1.54) is 0 Å². The molecule has 0 saturated heterocycles. The molecule has 0 aliphatic carbocycles. The maximum Gasteiger partial charge on any atom is 0.124 e. The summed E-state index contributed by atoms with van der Waals surface area (Å²) in [4.78, 5) is 0. The number of hydrogen-bond acceptors (Lipinski definition) is 3. The fourth-order valence-electron chi connectivity index (χ4n) is 1.13. The van der Waals surface area contributed by atoms with E-state index < -0.39 is 0 Å². The number of benzene rings is 1. The average Bonchev–Trinajstić information content (AvgIpc) is 2.18. The molecule has 0 unspecified atom stereocenters. The second-order valence-corrected chi connectivity index (χ2v) is 2.56. The molecule has 0 atom stereocenters. The molecule has 0 saturated carbocycles. The summed E-state index contributed by atoms with van der Waals surface area (Å²) in [5, 5.41) is 9.01. The fraction of sp³-hybridized carbons (Fsp3) is 0.400. The zero-order valence-corrected chi connectivity index (χ0v) is 7.91. The number of aliphatic hydroxyl groups is 1. The van der Waals surface area contributed by atoms with Crippen LogP contribution in [0.3, 0.4) is 0 Å². The van der Waals surface area contributed by atoms with Crippen molar-refractivity contribution in [1.29, 1.82) is 0 Å². The van der Waals surface area contributed by atoms with Crippen molar-refractivity contribution in [3.63, 3.8) is 0 Å². The Morgan fingerprint density at radius 2 is 2.15 bits per heavy atom. The van der Waals surface area contributed by atoms with Crippen molar-refractivity contribution in [2.24, 2.45) is 0 Å². The van der Waals surface area contributed by atoms with Crippen molar-refractivity contribution < 1.29 is 14.6 Å². The van der Waals surface area contributed by atoms with Gasteiger partial charge in [0.1, 0.15) is 11.5 Å². The van der Waals surface area contributed by atoms with Crippen molar-refractivity contribution in [3.8, 4) is 11.5 Å². The second kappa shape index (κ2) is 4.72. The first-order chi connectivity index (χ1) is 6.31. The monoisotopic (exact) mass is 182 g/mol. The van der Waals surface area contributed by atoms with Gasteiger partial charge in [-0.15, -0.1) is 0 Å². The molecule has 3 heteroatoms. The molecule has 0 aliphatic heterocycles. The van der Waals surface area contributed by atoms with E-state index in [1.54, 1.807) is 19.2 Å². The molecule has 13 heavy (non-hydrogen) atoms. The van der Waals surface area contributed by atoms with Gasteiger partial charge >= 0.3 is 0 Å². The summed E-state index contributed by atoms with van der Waals surface area (Å²) in [7, 11) is 1.58. The third-order valence-corrected chi connectivity index (χ3v) is 1.73. The van der Waals surface area contributed by atoms with Gasteiger partial charge in [0.25, 0.3) is 0 Å². The van der Waals surface area contributed by atoms with Crippen LogP contribution in [-0.2, 0) is 6.61 Å². The van der Waals surface area contributed by atoms with Gasteiger partial charge < -0.3 is 14.6 Å².